The van der Waals surface area contributed by atoms with E-state index in [1.54, 1.807) is 11.8 Å². The molecule has 1 fully saturated rings. The number of rotatable bonds is 5. The predicted molar refractivity (Wildman–Crippen MR) is 102 cm³/mol. The summed E-state index contributed by atoms with van der Waals surface area (Å²) in [5.41, 5.74) is 2.81. The quantitative estimate of drug-likeness (QED) is 0.804. The minimum atomic E-state index is -0.0576. The molecule has 3 rings (SSSR count). The molecule has 0 aliphatic carbocycles. The summed E-state index contributed by atoms with van der Waals surface area (Å²) < 4.78 is 0. The van der Waals surface area contributed by atoms with Gasteiger partial charge in [-0.2, -0.15) is 0 Å². The molecule has 0 spiro atoms. The zero-order chi connectivity index (χ0) is 16.8. The summed E-state index contributed by atoms with van der Waals surface area (Å²) in [4.78, 5) is 16.0. The lowest BCUT2D eigenvalue weighted by atomic mass is 10.1. The van der Waals surface area contributed by atoms with E-state index >= 15 is 0 Å². The summed E-state index contributed by atoms with van der Waals surface area (Å²) in [6, 6.07) is 15.9. The molecule has 4 heteroatoms. The number of carbonyl (C=O) groups excluding carboxylic acids is 1. The van der Waals surface area contributed by atoms with Gasteiger partial charge in [-0.15, -0.1) is 11.8 Å². The van der Waals surface area contributed by atoms with Gasteiger partial charge in [0.05, 0.1) is 0 Å². The Bertz CT molecular complexity index is 678. The third kappa shape index (κ3) is 4.62. The number of likely N-dealkylation sites (tertiary alicyclic amines) is 1. The highest BCUT2D eigenvalue weighted by Gasteiger charge is 2.11. The van der Waals surface area contributed by atoms with Crippen molar-refractivity contribution in [1.82, 2.24) is 4.90 Å². The van der Waals surface area contributed by atoms with Crippen molar-refractivity contribution >= 4 is 23.4 Å². The van der Waals surface area contributed by atoms with Crippen molar-refractivity contribution in [3.63, 3.8) is 0 Å². The van der Waals surface area contributed by atoms with Gasteiger partial charge in [0.1, 0.15) is 0 Å². The van der Waals surface area contributed by atoms with Crippen LogP contribution in [0.5, 0.6) is 0 Å². The van der Waals surface area contributed by atoms with Crippen LogP contribution in [-0.2, 0) is 6.54 Å². The van der Waals surface area contributed by atoms with Crippen LogP contribution >= 0.6 is 11.8 Å². The molecule has 0 atom stereocenters. The van der Waals surface area contributed by atoms with E-state index in [9.17, 15) is 4.79 Å². The van der Waals surface area contributed by atoms with Crippen molar-refractivity contribution < 1.29 is 4.79 Å². The zero-order valence-corrected chi connectivity index (χ0v) is 14.9. The van der Waals surface area contributed by atoms with Crippen LogP contribution < -0.4 is 5.32 Å². The molecular weight excluding hydrogens is 316 g/mol. The molecule has 3 nitrogen and oxygen atoms in total. The van der Waals surface area contributed by atoms with Crippen LogP contribution in [0.4, 0.5) is 5.69 Å². The molecule has 1 aliphatic rings. The van der Waals surface area contributed by atoms with Gasteiger partial charge in [0.25, 0.3) is 5.91 Å². The molecular formula is C20H24N2OS. The Morgan fingerprint density at radius 2 is 1.83 bits per heavy atom. The third-order valence-electron chi connectivity index (χ3n) is 4.40. The van der Waals surface area contributed by atoms with Crippen molar-refractivity contribution in [2.75, 3.05) is 24.7 Å². The molecule has 1 N–H and O–H groups in total. The van der Waals surface area contributed by atoms with Crippen LogP contribution in [0.3, 0.4) is 0 Å². The summed E-state index contributed by atoms with van der Waals surface area (Å²) in [6.07, 6.45) is 5.99. The lowest BCUT2D eigenvalue weighted by molar-refractivity contribution is 0.102. The Morgan fingerprint density at radius 1 is 1.08 bits per heavy atom. The molecule has 0 aromatic heterocycles. The molecule has 2 aromatic carbocycles. The van der Waals surface area contributed by atoms with Crippen molar-refractivity contribution in [2.45, 2.75) is 30.7 Å². The van der Waals surface area contributed by atoms with Crippen LogP contribution in [0.2, 0.25) is 0 Å². The maximum Gasteiger partial charge on any atom is 0.255 e. The molecule has 2 aromatic rings. The fourth-order valence-corrected chi connectivity index (χ4v) is 3.50. The van der Waals surface area contributed by atoms with Gasteiger partial charge in [-0.3, -0.25) is 9.69 Å². The lowest BCUT2D eigenvalue weighted by Crippen LogP contribution is -2.29. The summed E-state index contributed by atoms with van der Waals surface area (Å²) in [6.45, 7) is 3.36. The Kier molecular flexibility index (Phi) is 5.94. The largest absolute Gasteiger partial charge is 0.322 e. The normalized spacial score (nSPS) is 15.2. The second kappa shape index (κ2) is 8.36. The molecule has 126 valence electrons. The second-order valence-corrected chi connectivity index (χ2v) is 7.10. The van der Waals surface area contributed by atoms with E-state index in [2.05, 4.69) is 22.3 Å². The SMILES string of the molecule is CSc1cccc(NC(=O)c2ccc(CN3CCCCC3)cc2)c1. The Labute approximate surface area is 148 Å². The van der Waals surface area contributed by atoms with Gasteiger partial charge >= 0.3 is 0 Å². The highest BCUT2D eigenvalue weighted by atomic mass is 32.2. The second-order valence-electron chi connectivity index (χ2n) is 6.22. The van der Waals surface area contributed by atoms with Gasteiger partial charge in [0.2, 0.25) is 0 Å². The molecule has 1 aliphatic heterocycles. The first-order chi connectivity index (χ1) is 11.7. The number of hydrogen-bond donors (Lipinski definition) is 1. The highest BCUT2D eigenvalue weighted by Crippen LogP contribution is 2.20. The van der Waals surface area contributed by atoms with E-state index in [0.717, 1.165) is 17.1 Å². The number of benzene rings is 2. The first-order valence-corrected chi connectivity index (χ1v) is 9.74. The van der Waals surface area contributed by atoms with E-state index in [-0.39, 0.29) is 5.91 Å². The number of amides is 1. The smallest absolute Gasteiger partial charge is 0.255 e. The number of carbonyl (C=O) groups is 1. The molecule has 24 heavy (non-hydrogen) atoms. The molecule has 0 saturated carbocycles. The molecule has 1 saturated heterocycles. The molecule has 1 amide bonds. The van der Waals surface area contributed by atoms with Crippen LogP contribution in [0.1, 0.15) is 35.2 Å². The third-order valence-corrected chi connectivity index (χ3v) is 5.12. The average Bonchev–Trinajstić information content (AvgIpc) is 2.63. The summed E-state index contributed by atoms with van der Waals surface area (Å²) >= 11 is 1.67. The summed E-state index contributed by atoms with van der Waals surface area (Å²) in [5, 5.41) is 2.97. The molecule has 0 bridgehead atoms. The number of nitrogens with zero attached hydrogens (tertiary/aromatic N) is 1. The zero-order valence-electron chi connectivity index (χ0n) is 14.1. The Balaban J connectivity index is 1.60. The van der Waals surface area contributed by atoms with E-state index in [4.69, 9.17) is 0 Å². The minimum absolute atomic E-state index is 0.0576. The van der Waals surface area contributed by atoms with Gasteiger partial charge in [-0.1, -0.05) is 24.6 Å². The van der Waals surface area contributed by atoms with Crippen molar-refractivity contribution in [1.29, 1.82) is 0 Å². The first-order valence-electron chi connectivity index (χ1n) is 8.51. The topological polar surface area (TPSA) is 32.3 Å². The van der Waals surface area contributed by atoms with Gasteiger partial charge in [-0.25, -0.2) is 0 Å². The van der Waals surface area contributed by atoms with Crippen LogP contribution in [0.25, 0.3) is 0 Å². The fraction of sp³-hybridized carbons (Fsp3) is 0.350. The number of anilines is 1. The van der Waals surface area contributed by atoms with Gasteiger partial charge < -0.3 is 5.32 Å². The van der Waals surface area contributed by atoms with Gasteiger partial charge in [0.15, 0.2) is 0 Å². The van der Waals surface area contributed by atoms with Crippen LogP contribution in [-0.4, -0.2) is 30.2 Å². The summed E-state index contributed by atoms with van der Waals surface area (Å²) in [5.74, 6) is -0.0576. The fourth-order valence-electron chi connectivity index (χ4n) is 3.04. The standard InChI is InChI=1S/C20H24N2OS/c1-24-19-7-5-6-18(14-19)21-20(23)17-10-8-16(9-11-17)15-22-12-3-2-4-13-22/h5-11,14H,2-4,12-13,15H2,1H3,(H,21,23). The van der Waals surface area contributed by atoms with Crippen molar-refractivity contribution in [2.24, 2.45) is 0 Å². The number of piperidine rings is 1. The maximum atomic E-state index is 12.4. The van der Waals surface area contributed by atoms with Gasteiger partial charge in [0, 0.05) is 22.7 Å². The van der Waals surface area contributed by atoms with E-state index in [1.165, 1.54) is 37.9 Å². The van der Waals surface area contributed by atoms with Crippen LogP contribution in [0, 0.1) is 0 Å². The molecule has 0 unspecified atom stereocenters. The average molecular weight is 340 g/mol. The first kappa shape index (κ1) is 17.1. The molecule has 1 heterocycles. The maximum absolute atomic E-state index is 12.4. The minimum Gasteiger partial charge on any atom is -0.322 e. The molecule has 0 radical (unpaired) electrons. The predicted octanol–water partition coefficient (Wildman–Crippen LogP) is 4.65. The number of thioether (sulfide) groups is 1. The van der Waals surface area contributed by atoms with Crippen molar-refractivity contribution in [3.8, 4) is 0 Å². The van der Waals surface area contributed by atoms with E-state index in [0.29, 0.717) is 5.56 Å². The number of nitrogens with one attached hydrogen (secondary N) is 1. The monoisotopic (exact) mass is 340 g/mol. The van der Waals surface area contributed by atoms with Crippen molar-refractivity contribution in [3.05, 3.63) is 59.7 Å². The lowest BCUT2D eigenvalue weighted by Gasteiger charge is -2.26. The summed E-state index contributed by atoms with van der Waals surface area (Å²) in [7, 11) is 0. The van der Waals surface area contributed by atoms with E-state index < -0.39 is 0 Å². The highest BCUT2D eigenvalue weighted by molar-refractivity contribution is 7.98. The van der Waals surface area contributed by atoms with E-state index in [1.807, 2.05) is 42.7 Å². The number of hydrogen-bond acceptors (Lipinski definition) is 3. The van der Waals surface area contributed by atoms with Gasteiger partial charge in [-0.05, 0) is 68.1 Å². The van der Waals surface area contributed by atoms with Crippen LogP contribution in [0.15, 0.2) is 53.4 Å². The Morgan fingerprint density at radius 3 is 2.54 bits per heavy atom. The Hall–Kier alpha value is -1.78.